The molecule has 0 spiro atoms. The van der Waals surface area contributed by atoms with Crippen LogP contribution in [0.5, 0.6) is 0 Å². The molecule has 0 aromatic rings. The van der Waals surface area contributed by atoms with E-state index in [1.165, 1.54) is 0 Å². The molecule has 0 aromatic heterocycles. The summed E-state index contributed by atoms with van der Waals surface area (Å²) in [4.78, 5) is 0. The second-order valence-electron chi connectivity index (χ2n) is 1.06. The molecule has 1 rings (SSSR count). The number of halogens is 1. The third-order valence-corrected chi connectivity index (χ3v) is 1.27. The van der Waals surface area contributed by atoms with Crippen LogP contribution in [0.2, 0.25) is 0 Å². The second-order valence-corrected chi connectivity index (χ2v) is 1.92. The molecule has 0 atom stereocenters. The van der Waals surface area contributed by atoms with Crippen LogP contribution in [0.15, 0.2) is 23.8 Å². The molecule has 0 bridgehead atoms. The number of hydrogen-bond acceptors (Lipinski definition) is 0. The van der Waals surface area contributed by atoms with E-state index in [2.05, 4.69) is 22.9 Å². The molecule has 1 aliphatic rings. The van der Waals surface area contributed by atoms with Crippen molar-refractivity contribution in [1.82, 2.24) is 0 Å². The van der Waals surface area contributed by atoms with Gasteiger partial charge in [0.25, 0.3) is 0 Å². The van der Waals surface area contributed by atoms with Gasteiger partial charge in [-0.2, -0.15) is 0 Å². The Balaban J connectivity index is 2.46. The van der Waals surface area contributed by atoms with Crippen molar-refractivity contribution in [2.45, 2.75) is 0 Å². The number of allylic oxidation sites excluding steroid dienone is 3. The van der Waals surface area contributed by atoms with Crippen LogP contribution in [0.3, 0.4) is 0 Å². The van der Waals surface area contributed by atoms with Crippen molar-refractivity contribution in [3.63, 3.8) is 0 Å². The maximum atomic E-state index is 2.22. The molecule has 0 fully saturated rings. The summed E-state index contributed by atoms with van der Waals surface area (Å²) >= 11 is 0. The van der Waals surface area contributed by atoms with Gasteiger partial charge in [-0.15, -0.1) is 0 Å². The smallest absolute Gasteiger partial charge is 0.0558 e. The highest BCUT2D eigenvalue weighted by Crippen LogP contribution is 1.88. The summed E-state index contributed by atoms with van der Waals surface area (Å²) in [5, 5.41) is 0. The van der Waals surface area contributed by atoms with Gasteiger partial charge in [0.05, 0.1) is 0 Å². The monoisotopic (exact) mass is 101 g/mol. The molecule has 0 N–H and O–H groups in total. The maximum absolute atomic E-state index is 2.22. The van der Waals surface area contributed by atoms with Crippen molar-refractivity contribution in [2.75, 3.05) is 5.88 Å². The van der Waals surface area contributed by atoms with Gasteiger partial charge in [0.15, 0.2) is 22.2 Å². The first-order chi connectivity index (χ1) is 3.00. The summed E-state index contributed by atoms with van der Waals surface area (Å²) in [7, 11) is 2.22. The minimum Gasteiger partial charge on any atom is -0.0558 e. The number of alkyl halides is 1. The lowest BCUT2D eigenvalue weighted by Gasteiger charge is -1.73. The summed E-state index contributed by atoms with van der Waals surface area (Å²) in [5.74, 6) is 1.09. The third-order valence-electron chi connectivity index (χ3n) is 0.587. The first kappa shape index (κ1) is 3.94. The second kappa shape index (κ2) is 2.04. The minimum absolute atomic E-state index is 1.09. The number of rotatable bonds is 0. The SMILES string of the molecule is C1=CC[Cl+]C=C1. The summed E-state index contributed by atoms with van der Waals surface area (Å²) in [6, 6.07) is 0. The fraction of sp³-hybridized carbons (Fsp3) is 0.200. The molecular formula is C5H6Cl+. The maximum Gasteiger partial charge on any atom is 0.197 e. The van der Waals surface area contributed by atoms with Crippen molar-refractivity contribution in [3.8, 4) is 0 Å². The highest BCUT2D eigenvalue weighted by Gasteiger charge is 1.94. The van der Waals surface area contributed by atoms with E-state index in [0.29, 0.717) is 0 Å². The largest absolute Gasteiger partial charge is 0.197 e. The fourth-order valence-corrected chi connectivity index (χ4v) is 0.822. The molecular weight excluding hydrogens is 95.5 g/mol. The van der Waals surface area contributed by atoms with Crippen LogP contribution >= 0.6 is 0 Å². The van der Waals surface area contributed by atoms with E-state index in [-0.39, 0.29) is 0 Å². The molecule has 0 radical (unpaired) electrons. The zero-order valence-corrected chi connectivity index (χ0v) is 4.15. The quantitative estimate of drug-likeness (QED) is 0.402. The van der Waals surface area contributed by atoms with E-state index in [1.54, 1.807) is 0 Å². The van der Waals surface area contributed by atoms with Crippen molar-refractivity contribution >= 4 is 0 Å². The van der Waals surface area contributed by atoms with Crippen LogP contribution in [0.4, 0.5) is 0 Å². The number of hydrogen-bond donors (Lipinski definition) is 0. The van der Waals surface area contributed by atoms with E-state index in [0.717, 1.165) is 5.88 Å². The molecule has 1 aliphatic heterocycles. The molecule has 0 unspecified atom stereocenters. The molecule has 0 aliphatic carbocycles. The molecule has 0 saturated heterocycles. The lowest BCUT2D eigenvalue weighted by Crippen LogP contribution is -1.80. The molecule has 6 heavy (non-hydrogen) atoms. The van der Waals surface area contributed by atoms with Crippen LogP contribution in [0.1, 0.15) is 0 Å². The van der Waals surface area contributed by atoms with Gasteiger partial charge in [-0.05, 0) is 12.2 Å². The normalized spacial score (nSPS) is 18.7. The van der Waals surface area contributed by atoms with Gasteiger partial charge < -0.3 is 0 Å². The van der Waals surface area contributed by atoms with Gasteiger partial charge >= 0.3 is 0 Å². The van der Waals surface area contributed by atoms with Crippen molar-refractivity contribution in [3.05, 3.63) is 23.8 Å². The predicted octanol–water partition coefficient (Wildman–Crippen LogP) is 1.15. The molecule has 32 valence electrons. The van der Waals surface area contributed by atoms with E-state index in [9.17, 15) is 0 Å². The van der Waals surface area contributed by atoms with E-state index < -0.39 is 0 Å². The highest BCUT2D eigenvalue weighted by molar-refractivity contribution is 5.00. The first-order valence-corrected chi connectivity index (χ1v) is 2.86. The molecule has 0 aromatic carbocycles. The first-order valence-electron chi connectivity index (χ1n) is 1.89. The lowest BCUT2D eigenvalue weighted by molar-refractivity contribution is -0.578. The van der Waals surface area contributed by atoms with Crippen molar-refractivity contribution in [1.29, 1.82) is 0 Å². The zero-order valence-electron chi connectivity index (χ0n) is 3.39. The average molecular weight is 102 g/mol. The van der Waals surface area contributed by atoms with Crippen LogP contribution in [0.25, 0.3) is 0 Å². The summed E-state index contributed by atoms with van der Waals surface area (Å²) in [5.41, 5.74) is 2.04. The Labute approximate surface area is 41.3 Å². The lowest BCUT2D eigenvalue weighted by atomic mass is 10.5. The van der Waals surface area contributed by atoms with Gasteiger partial charge in [0.2, 0.25) is 0 Å². The summed E-state index contributed by atoms with van der Waals surface area (Å²) in [6.07, 6.45) is 6.20. The van der Waals surface area contributed by atoms with Gasteiger partial charge in [-0.1, -0.05) is 6.08 Å². The van der Waals surface area contributed by atoms with Crippen molar-refractivity contribution in [2.24, 2.45) is 0 Å². The molecule has 0 saturated carbocycles. The third kappa shape index (κ3) is 0.869. The zero-order chi connectivity index (χ0) is 4.24. The Hall–Kier alpha value is -0.230. The van der Waals surface area contributed by atoms with E-state index in [4.69, 9.17) is 0 Å². The standard InChI is InChI=1S/C5H6Cl/c1-2-4-6-5-3-1/h1-4H,5H2/q+1. The fourth-order valence-electron chi connectivity index (χ4n) is 0.326. The van der Waals surface area contributed by atoms with Crippen molar-refractivity contribution < 1.29 is 10.8 Å². The molecule has 0 amide bonds. The Kier molecular flexibility index (Phi) is 1.34. The van der Waals surface area contributed by atoms with Crippen LogP contribution in [-0.2, 0) is 0 Å². The molecule has 0 nitrogen and oxygen atoms in total. The van der Waals surface area contributed by atoms with Gasteiger partial charge in [0, 0.05) is 0 Å². The Morgan fingerprint density at radius 3 is 2.50 bits per heavy atom. The van der Waals surface area contributed by atoms with Gasteiger partial charge in [-0.3, -0.25) is 0 Å². The summed E-state index contributed by atoms with van der Waals surface area (Å²) in [6.45, 7) is 0. The predicted molar refractivity (Wildman–Crippen MR) is 23.1 cm³/mol. The Morgan fingerprint density at radius 1 is 1.33 bits per heavy atom. The average Bonchev–Trinajstić information content (AvgIpc) is 1.72. The molecule has 1 heteroatoms. The topological polar surface area (TPSA) is 0 Å². The van der Waals surface area contributed by atoms with E-state index in [1.807, 2.05) is 11.6 Å². The van der Waals surface area contributed by atoms with E-state index >= 15 is 0 Å². The molecule has 1 heterocycles. The minimum atomic E-state index is 1.09. The highest BCUT2D eigenvalue weighted by atomic mass is 35.5. The Bertz CT molecular complexity index is 69.9. The van der Waals surface area contributed by atoms with Gasteiger partial charge in [-0.25, -0.2) is 0 Å². The van der Waals surface area contributed by atoms with Crippen LogP contribution < -0.4 is 0 Å². The van der Waals surface area contributed by atoms with Crippen LogP contribution in [-0.4, -0.2) is 5.88 Å². The van der Waals surface area contributed by atoms with Crippen LogP contribution in [0, 0.1) is 10.8 Å². The van der Waals surface area contributed by atoms with Gasteiger partial charge in [0.1, 0.15) is 0 Å². The Morgan fingerprint density at radius 2 is 2.33 bits per heavy atom. The summed E-state index contributed by atoms with van der Waals surface area (Å²) < 4.78 is 0.